The summed E-state index contributed by atoms with van der Waals surface area (Å²) in [5, 5.41) is 3.12. The highest BCUT2D eigenvalue weighted by Gasteiger charge is 2.29. The number of nitrogens with one attached hydrogen (secondary N) is 1. The van der Waals surface area contributed by atoms with Crippen molar-refractivity contribution in [2.75, 3.05) is 44.2 Å². The van der Waals surface area contributed by atoms with Crippen LogP contribution in [0.4, 0.5) is 5.69 Å². The topological polar surface area (TPSA) is 59.7 Å². The first-order valence-electron chi connectivity index (χ1n) is 14.4. The van der Waals surface area contributed by atoms with Crippen LogP contribution in [0.3, 0.4) is 0 Å². The third-order valence-corrected chi connectivity index (χ3v) is 8.66. The number of rotatable bonds is 6. The average Bonchev–Trinajstić information content (AvgIpc) is 3.36. The van der Waals surface area contributed by atoms with Gasteiger partial charge in [-0.1, -0.05) is 48.9 Å². The lowest BCUT2D eigenvalue weighted by Gasteiger charge is -2.37. The molecule has 0 saturated carbocycles. The Morgan fingerprint density at radius 1 is 0.897 bits per heavy atom. The third kappa shape index (κ3) is 5.44. The van der Waals surface area contributed by atoms with Crippen molar-refractivity contribution in [2.24, 2.45) is 5.92 Å². The van der Waals surface area contributed by atoms with Crippen molar-refractivity contribution in [1.82, 2.24) is 14.8 Å². The molecule has 0 radical (unpaired) electrons. The number of aryl methyl sites for hydroxylation is 1. The molecule has 2 fully saturated rings. The van der Waals surface area contributed by atoms with E-state index in [1.54, 1.807) is 4.90 Å². The van der Waals surface area contributed by atoms with Crippen molar-refractivity contribution >= 4 is 39.2 Å². The molecule has 0 atom stereocenters. The van der Waals surface area contributed by atoms with E-state index < -0.39 is 0 Å². The zero-order chi connectivity index (χ0) is 26.8. The predicted octanol–water partition coefficient (Wildman–Crippen LogP) is 6.00. The highest BCUT2D eigenvalue weighted by molar-refractivity contribution is 6.14. The van der Waals surface area contributed by atoms with Crippen LogP contribution in [0.25, 0.3) is 21.7 Å². The van der Waals surface area contributed by atoms with Crippen molar-refractivity contribution in [3.05, 3.63) is 78.0 Å². The molecule has 6 rings (SSSR count). The maximum atomic E-state index is 14.1. The van der Waals surface area contributed by atoms with Gasteiger partial charge in [0.25, 0.3) is 5.91 Å². The Balaban J connectivity index is 1.23. The molecule has 0 aliphatic carbocycles. The van der Waals surface area contributed by atoms with Gasteiger partial charge in [0, 0.05) is 47.7 Å². The van der Waals surface area contributed by atoms with Crippen LogP contribution in [0.2, 0.25) is 0 Å². The van der Waals surface area contributed by atoms with Gasteiger partial charge in [-0.15, -0.1) is 0 Å². The number of anilines is 1. The predicted molar refractivity (Wildman–Crippen MR) is 158 cm³/mol. The number of aromatic amines is 1. The van der Waals surface area contributed by atoms with E-state index in [0.29, 0.717) is 11.5 Å². The van der Waals surface area contributed by atoms with Gasteiger partial charge in [0.15, 0.2) is 0 Å². The fraction of sp³-hybridized carbons (Fsp3) is 0.394. The normalized spacial score (nSPS) is 17.1. The van der Waals surface area contributed by atoms with Crippen LogP contribution < -0.4 is 4.90 Å². The van der Waals surface area contributed by atoms with Crippen LogP contribution in [0.5, 0.6) is 0 Å². The van der Waals surface area contributed by atoms with E-state index in [9.17, 15) is 9.59 Å². The van der Waals surface area contributed by atoms with Gasteiger partial charge < -0.3 is 14.8 Å². The number of piperidine rings is 2. The van der Waals surface area contributed by atoms with E-state index in [1.807, 2.05) is 71.8 Å². The molecule has 6 heteroatoms. The molecule has 1 N–H and O–H groups in total. The smallest absolute Gasteiger partial charge is 0.258 e. The van der Waals surface area contributed by atoms with Crippen LogP contribution in [0.15, 0.2) is 66.9 Å². The van der Waals surface area contributed by atoms with Crippen LogP contribution in [-0.4, -0.2) is 65.9 Å². The Hall–Kier alpha value is -3.64. The van der Waals surface area contributed by atoms with Gasteiger partial charge >= 0.3 is 0 Å². The molecule has 39 heavy (non-hydrogen) atoms. The number of carbonyl (C=O) groups is 2. The molecule has 6 nitrogen and oxygen atoms in total. The van der Waals surface area contributed by atoms with E-state index in [4.69, 9.17) is 0 Å². The molecule has 2 aliphatic rings. The van der Waals surface area contributed by atoms with Crippen LogP contribution in [0.1, 0.15) is 48.0 Å². The molecule has 0 bridgehead atoms. The summed E-state index contributed by atoms with van der Waals surface area (Å²) in [6.45, 7) is 7.21. The summed E-state index contributed by atoms with van der Waals surface area (Å²) in [5.41, 5.74) is 3.42. The Labute approximate surface area is 230 Å². The Kier molecular flexibility index (Phi) is 7.38. The molecule has 0 spiro atoms. The zero-order valence-corrected chi connectivity index (χ0v) is 22.9. The number of amides is 2. The van der Waals surface area contributed by atoms with Crippen molar-refractivity contribution in [3.63, 3.8) is 0 Å². The molecule has 2 aliphatic heterocycles. The second-order valence-electron chi connectivity index (χ2n) is 11.3. The highest BCUT2D eigenvalue weighted by atomic mass is 16.2. The maximum absolute atomic E-state index is 14.1. The standard InChI is InChI=1S/C33H38N4O2/c1-24-21-34-30-20-27(12-13-28(24)30)33(39)37(31-11-7-9-26-8-3-4-10-29(26)31)23-32(38)36-18-14-25(15-19-36)22-35-16-5-2-6-17-35/h3-4,7-13,20-21,25,34H,2,5-6,14-19,22-23H2,1H3. The Morgan fingerprint density at radius 2 is 1.67 bits per heavy atom. The van der Waals surface area contributed by atoms with Crippen LogP contribution in [0, 0.1) is 12.8 Å². The number of H-pyrrole nitrogens is 1. The monoisotopic (exact) mass is 522 g/mol. The lowest BCUT2D eigenvalue weighted by Crippen LogP contribution is -2.47. The lowest BCUT2D eigenvalue weighted by molar-refractivity contribution is -0.131. The number of fused-ring (bicyclic) bond motifs is 2. The van der Waals surface area contributed by atoms with Gasteiger partial charge in [0.1, 0.15) is 6.54 Å². The van der Waals surface area contributed by atoms with E-state index in [0.717, 1.165) is 65.4 Å². The zero-order valence-electron chi connectivity index (χ0n) is 22.9. The first-order chi connectivity index (χ1) is 19.1. The summed E-state index contributed by atoms with van der Waals surface area (Å²) < 4.78 is 0. The molecular weight excluding hydrogens is 484 g/mol. The number of aromatic nitrogens is 1. The minimum atomic E-state index is -0.158. The van der Waals surface area contributed by atoms with Gasteiger partial charge in [0.2, 0.25) is 5.91 Å². The van der Waals surface area contributed by atoms with Crippen molar-refractivity contribution in [2.45, 2.75) is 39.0 Å². The van der Waals surface area contributed by atoms with Gasteiger partial charge in [-0.05, 0) is 80.8 Å². The maximum Gasteiger partial charge on any atom is 0.258 e. The molecule has 3 aromatic carbocycles. The van der Waals surface area contributed by atoms with Crippen molar-refractivity contribution in [1.29, 1.82) is 0 Å². The molecule has 202 valence electrons. The number of hydrogen-bond acceptors (Lipinski definition) is 3. The number of benzene rings is 3. The minimum Gasteiger partial charge on any atom is -0.361 e. The molecule has 3 heterocycles. The first kappa shape index (κ1) is 25.6. The van der Waals surface area contributed by atoms with Gasteiger partial charge in [-0.3, -0.25) is 14.5 Å². The Morgan fingerprint density at radius 3 is 2.49 bits per heavy atom. The van der Waals surface area contributed by atoms with Crippen LogP contribution in [-0.2, 0) is 4.79 Å². The second-order valence-corrected chi connectivity index (χ2v) is 11.3. The highest BCUT2D eigenvalue weighted by Crippen LogP contribution is 2.29. The first-order valence-corrected chi connectivity index (χ1v) is 14.4. The van der Waals surface area contributed by atoms with E-state index >= 15 is 0 Å². The number of hydrogen-bond donors (Lipinski definition) is 1. The quantitative estimate of drug-likeness (QED) is 0.338. The van der Waals surface area contributed by atoms with Gasteiger partial charge in [-0.25, -0.2) is 0 Å². The number of nitrogens with zero attached hydrogens (tertiary/aromatic N) is 3. The summed E-state index contributed by atoms with van der Waals surface area (Å²) in [5.74, 6) is 0.511. The van der Waals surface area contributed by atoms with Crippen LogP contribution >= 0.6 is 0 Å². The summed E-state index contributed by atoms with van der Waals surface area (Å²) in [4.78, 5) is 37.3. The fourth-order valence-corrected chi connectivity index (χ4v) is 6.38. The second kappa shape index (κ2) is 11.2. The summed E-state index contributed by atoms with van der Waals surface area (Å²) >= 11 is 0. The summed E-state index contributed by atoms with van der Waals surface area (Å²) in [6, 6.07) is 19.8. The van der Waals surface area contributed by atoms with E-state index in [-0.39, 0.29) is 18.4 Å². The summed E-state index contributed by atoms with van der Waals surface area (Å²) in [6.07, 6.45) is 8.01. The molecule has 2 saturated heterocycles. The third-order valence-electron chi connectivity index (χ3n) is 8.66. The van der Waals surface area contributed by atoms with Gasteiger partial charge in [-0.2, -0.15) is 0 Å². The number of carbonyl (C=O) groups excluding carboxylic acids is 2. The minimum absolute atomic E-state index is 0.0181. The molecule has 0 unspecified atom stereocenters. The lowest BCUT2D eigenvalue weighted by atomic mass is 9.95. The SMILES string of the molecule is Cc1c[nH]c2cc(C(=O)N(CC(=O)N3CCC(CN4CCCCC4)CC3)c3cccc4ccccc34)ccc12. The van der Waals surface area contributed by atoms with Crippen molar-refractivity contribution in [3.8, 4) is 0 Å². The van der Waals surface area contributed by atoms with Crippen molar-refractivity contribution < 1.29 is 9.59 Å². The van der Waals surface area contributed by atoms with E-state index in [1.165, 1.54) is 32.4 Å². The largest absolute Gasteiger partial charge is 0.361 e. The van der Waals surface area contributed by atoms with E-state index in [2.05, 4.69) is 16.8 Å². The Bertz CT molecular complexity index is 1470. The average molecular weight is 523 g/mol. The number of likely N-dealkylation sites (tertiary alicyclic amines) is 2. The molecule has 1 aromatic heterocycles. The summed E-state index contributed by atoms with van der Waals surface area (Å²) in [7, 11) is 0. The molecule has 4 aromatic rings. The molecular formula is C33H38N4O2. The molecule has 2 amide bonds. The fourth-order valence-electron chi connectivity index (χ4n) is 6.38. The van der Waals surface area contributed by atoms with Gasteiger partial charge in [0.05, 0.1) is 5.69 Å².